The lowest BCUT2D eigenvalue weighted by Crippen LogP contribution is -2.45. The molecule has 0 aromatic heterocycles. The Labute approximate surface area is 150 Å². The maximum absolute atomic E-state index is 12.4. The monoisotopic (exact) mass is 346 g/mol. The molecule has 25 heavy (non-hydrogen) atoms. The fourth-order valence-electron chi connectivity index (χ4n) is 3.26. The van der Waals surface area contributed by atoms with Crippen LogP contribution in [0.1, 0.15) is 49.4 Å². The van der Waals surface area contributed by atoms with E-state index in [1.54, 1.807) is 0 Å². The first kappa shape index (κ1) is 19.4. The van der Waals surface area contributed by atoms with Gasteiger partial charge in [-0.2, -0.15) is 0 Å². The van der Waals surface area contributed by atoms with Crippen LogP contribution in [-0.4, -0.2) is 43.0 Å². The van der Waals surface area contributed by atoms with Crippen molar-refractivity contribution in [3.63, 3.8) is 0 Å². The van der Waals surface area contributed by atoms with Crippen molar-refractivity contribution in [1.82, 2.24) is 10.2 Å². The van der Waals surface area contributed by atoms with Crippen LogP contribution in [0.2, 0.25) is 0 Å². The number of likely N-dealkylation sites (tertiary alicyclic amines) is 1. The highest BCUT2D eigenvalue weighted by molar-refractivity contribution is 5.79. The topological polar surface area (TPSA) is 58.6 Å². The third-order valence-electron chi connectivity index (χ3n) is 4.90. The highest BCUT2D eigenvalue weighted by atomic mass is 16.5. The fraction of sp³-hybridized carbons (Fsp3) is 0.600. The van der Waals surface area contributed by atoms with E-state index in [2.05, 4.69) is 37.4 Å². The van der Waals surface area contributed by atoms with E-state index in [1.165, 1.54) is 11.1 Å². The van der Waals surface area contributed by atoms with Crippen LogP contribution in [0.15, 0.2) is 18.2 Å². The average molecular weight is 346 g/mol. The van der Waals surface area contributed by atoms with Crippen LogP contribution in [0.5, 0.6) is 0 Å². The molecule has 0 bridgehead atoms. The van der Waals surface area contributed by atoms with E-state index in [4.69, 9.17) is 4.74 Å². The Balaban J connectivity index is 1.86. The van der Waals surface area contributed by atoms with Crippen LogP contribution >= 0.6 is 0 Å². The number of carbonyl (C=O) groups excluding carboxylic acids is 2. The summed E-state index contributed by atoms with van der Waals surface area (Å²) in [6, 6.07) is 6.24. The van der Waals surface area contributed by atoms with Gasteiger partial charge in [-0.3, -0.25) is 14.5 Å². The minimum absolute atomic E-state index is 0.00441. The van der Waals surface area contributed by atoms with E-state index in [-0.39, 0.29) is 23.8 Å². The number of nitrogens with one attached hydrogen (secondary N) is 1. The molecule has 0 spiro atoms. The number of piperidine rings is 1. The second kappa shape index (κ2) is 8.99. The SMILES string of the molecule is CCOC(=O)C1CCCN(CC(=O)NC(C)c2ccc(C)c(C)c2)C1. The van der Waals surface area contributed by atoms with E-state index in [0.29, 0.717) is 19.7 Å². The van der Waals surface area contributed by atoms with Gasteiger partial charge in [0.05, 0.1) is 25.1 Å². The predicted octanol–water partition coefficient (Wildman–Crippen LogP) is 2.76. The predicted molar refractivity (Wildman–Crippen MR) is 98.3 cm³/mol. The highest BCUT2D eigenvalue weighted by Crippen LogP contribution is 2.19. The van der Waals surface area contributed by atoms with Crippen molar-refractivity contribution in [3.05, 3.63) is 34.9 Å². The van der Waals surface area contributed by atoms with Gasteiger partial charge >= 0.3 is 5.97 Å². The molecule has 1 saturated heterocycles. The number of hydrogen-bond acceptors (Lipinski definition) is 4. The van der Waals surface area contributed by atoms with Gasteiger partial charge in [0.1, 0.15) is 0 Å². The molecule has 0 radical (unpaired) electrons. The normalized spacial score (nSPS) is 19.3. The van der Waals surface area contributed by atoms with Crippen LogP contribution in [0.3, 0.4) is 0 Å². The Morgan fingerprint density at radius 3 is 2.76 bits per heavy atom. The molecule has 2 atom stereocenters. The standard InChI is InChI=1S/C20H30N2O3/c1-5-25-20(24)18-7-6-10-22(12-18)13-19(23)21-16(4)17-9-8-14(2)15(3)11-17/h8-9,11,16,18H,5-7,10,12-13H2,1-4H3,(H,21,23). The van der Waals surface area contributed by atoms with Crippen LogP contribution in [0.25, 0.3) is 0 Å². The highest BCUT2D eigenvalue weighted by Gasteiger charge is 2.27. The largest absolute Gasteiger partial charge is 0.466 e. The number of nitrogens with zero attached hydrogens (tertiary/aromatic N) is 1. The van der Waals surface area contributed by atoms with E-state index in [9.17, 15) is 9.59 Å². The Kier molecular flexibility index (Phi) is 7.00. The smallest absolute Gasteiger partial charge is 0.310 e. The van der Waals surface area contributed by atoms with Gasteiger partial charge in [-0.25, -0.2) is 0 Å². The quantitative estimate of drug-likeness (QED) is 0.805. The summed E-state index contributed by atoms with van der Waals surface area (Å²) in [7, 11) is 0. The van der Waals surface area contributed by atoms with Crippen molar-refractivity contribution in [3.8, 4) is 0 Å². The Morgan fingerprint density at radius 2 is 2.08 bits per heavy atom. The Bertz CT molecular complexity index is 615. The maximum atomic E-state index is 12.4. The number of ether oxygens (including phenoxy) is 1. The zero-order chi connectivity index (χ0) is 18.4. The molecule has 1 heterocycles. The molecular weight excluding hydrogens is 316 g/mol. The zero-order valence-electron chi connectivity index (χ0n) is 15.8. The first-order valence-corrected chi connectivity index (χ1v) is 9.16. The van der Waals surface area contributed by atoms with Crippen molar-refractivity contribution < 1.29 is 14.3 Å². The minimum Gasteiger partial charge on any atom is -0.466 e. The van der Waals surface area contributed by atoms with Crippen molar-refractivity contribution >= 4 is 11.9 Å². The van der Waals surface area contributed by atoms with Crippen molar-refractivity contribution in [1.29, 1.82) is 0 Å². The molecule has 0 aliphatic carbocycles. The first-order valence-electron chi connectivity index (χ1n) is 9.16. The lowest BCUT2D eigenvalue weighted by Gasteiger charge is -2.31. The van der Waals surface area contributed by atoms with E-state index in [0.717, 1.165) is 24.9 Å². The summed E-state index contributed by atoms with van der Waals surface area (Å²) in [5.74, 6) is -0.259. The molecule has 0 saturated carbocycles. The van der Waals surface area contributed by atoms with Gasteiger partial charge in [0, 0.05) is 6.54 Å². The molecule has 1 N–H and O–H groups in total. The molecule has 138 valence electrons. The summed E-state index contributed by atoms with van der Waals surface area (Å²) in [6.45, 7) is 10.2. The maximum Gasteiger partial charge on any atom is 0.310 e. The van der Waals surface area contributed by atoms with Crippen LogP contribution in [-0.2, 0) is 14.3 Å². The third kappa shape index (κ3) is 5.56. The minimum atomic E-state index is -0.142. The summed E-state index contributed by atoms with van der Waals surface area (Å²) in [4.78, 5) is 26.3. The molecule has 1 amide bonds. The third-order valence-corrected chi connectivity index (χ3v) is 4.90. The van der Waals surface area contributed by atoms with Crippen molar-refractivity contribution in [2.45, 2.75) is 46.6 Å². The van der Waals surface area contributed by atoms with Crippen LogP contribution in [0, 0.1) is 19.8 Å². The summed E-state index contributed by atoms with van der Waals surface area (Å²) < 4.78 is 5.11. The first-order chi connectivity index (χ1) is 11.9. The lowest BCUT2D eigenvalue weighted by atomic mass is 9.98. The molecule has 2 unspecified atom stereocenters. The molecule has 2 rings (SSSR count). The van der Waals surface area contributed by atoms with E-state index >= 15 is 0 Å². The van der Waals surface area contributed by atoms with E-state index in [1.807, 2.05) is 18.7 Å². The Hall–Kier alpha value is -1.88. The van der Waals surface area contributed by atoms with Crippen LogP contribution in [0.4, 0.5) is 0 Å². The van der Waals surface area contributed by atoms with Gasteiger partial charge in [0.25, 0.3) is 0 Å². The second-order valence-corrected chi connectivity index (χ2v) is 6.96. The molecule has 1 fully saturated rings. The molecule has 5 nitrogen and oxygen atoms in total. The van der Waals surface area contributed by atoms with Crippen LogP contribution < -0.4 is 5.32 Å². The van der Waals surface area contributed by atoms with Gasteiger partial charge in [-0.05, 0) is 63.8 Å². The van der Waals surface area contributed by atoms with Gasteiger partial charge in [0.15, 0.2) is 0 Å². The van der Waals surface area contributed by atoms with Gasteiger partial charge in [0.2, 0.25) is 5.91 Å². The molecule has 1 aliphatic rings. The van der Waals surface area contributed by atoms with E-state index < -0.39 is 0 Å². The van der Waals surface area contributed by atoms with Crippen molar-refractivity contribution in [2.75, 3.05) is 26.2 Å². The number of esters is 1. The van der Waals surface area contributed by atoms with Gasteiger partial charge in [-0.1, -0.05) is 18.2 Å². The van der Waals surface area contributed by atoms with Gasteiger partial charge < -0.3 is 10.1 Å². The lowest BCUT2D eigenvalue weighted by molar-refractivity contribution is -0.150. The fourth-order valence-corrected chi connectivity index (χ4v) is 3.26. The summed E-state index contributed by atoms with van der Waals surface area (Å²) in [6.07, 6.45) is 1.76. The Morgan fingerprint density at radius 1 is 1.32 bits per heavy atom. The molecule has 5 heteroatoms. The second-order valence-electron chi connectivity index (χ2n) is 6.96. The number of benzene rings is 1. The summed E-state index contributed by atoms with van der Waals surface area (Å²) in [5.41, 5.74) is 3.59. The summed E-state index contributed by atoms with van der Waals surface area (Å²) >= 11 is 0. The molecule has 1 aromatic carbocycles. The molecule has 1 aliphatic heterocycles. The number of amides is 1. The van der Waals surface area contributed by atoms with Crippen molar-refractivity contribution in [2.24, 2.45) is 5.92 Å². The number of rotatable bonds is 6. The molecule has 1 aromatic rings. The average Bonchev–Trinajstić information content (AvgIpc) is 2.57. The number of aryl methyl sites for hydroxylation is 2. The zero-order valence-corrected chi connectivity index (χ0v) is 15.8. The molecular formula is C20H30N2O3. The number of hydrogen-bond donors (Lipinski definition) is 1. The van der Waals surface area contributed by atoms with Gasteiger partial charge in [-0.15, -0.1) is 0 Å². The number of carbonyl (C=O) groups is 2. The summed E-state index contributed by atoms with van der Waals surface area (Å²) in [5, 5.41) is 3.06.